The first-order valence-corrected chi connectivity index (χ1v) is 8.82. The van der Waals surface area contributed by atoms with Gasteiger partial charge >= 0.3 is 0 Å². The van der Waals surface area contributed by atoms with Crippen molar-refractivity contribution >= 4 is 23.1 Å². The van der Waals surface area contributed by atoms with E-state index in [4.69, 9.17) is 11.6 Å². The molecular formula is C21H16ClN5. The number of halogens is 1. The monoisotopic (exact) mass is 373 g/mol. The summed E-state index contributed by atoms with van der Waals surface area (Å²) >= 11 is 6.19. The zero-order chi connectivity index (χ0) is 18.5. The van der Waals surface area contributed by atoms with E-state index in [-0.39, 0.29) is 6.04 Å². The fraction of sp³-hybridized carbons (Fsp3) is 0.0476. The average molecular weight is 374 g/mol. The van der Waals surface area contributed by atoms with Crippen molar-refractivity contribution < 1.29 is 0 Å². The average Bonchev–Trinajstić information content (AvgIpc) is 2.74. The van der Waals surface area contributed by atoms with Crippen LogP contribution in [0.2, 0.25) is 5.15 Å². The van der Waals surface area contributed by atoms with Crippen LogP contribution in [-0.4, -0.2) is 19.9 Å². The normalized spacial score (nSPS) is 10.7. The standard InChI is InChI=1S/C21H16ClN5/c22-19-8-1-9-20(26-19)27(18-7-4-12-25-15-18)21(16-5-2-10-23-13-16)17-6-3-11-24-14-17/h1-15,21H. The molecule has 0 aliphatic heterocycles. The lowest BCUT2D eigenvalue weighted by atomic mass is 9.99. The van der Waals surface area contributed by atoms with Gasteiger partial charge in [-0.1, -0.05) is 29.8 Å². The van der Waals surface area contributed by atoms with Crippen molar-refractivity contribution in [2.75, 3.05) is 4.90 Å². The predicted octanol–water partition coefficient (Wildman–Crippen LogP) is 4.85. The predicted molar refractivity (Wildman–Crippen MR) is 106 cm³/mol. The fourth-order valence-electron chi connectivity index (χ4n) is 3.01. The Kier molecular flexibility index (Phi) is 5.03. The van der Waals surface area contributed by atoms with Gasteiger partial charge in [-0.2, -0.15) is 0 Å². The van der Waals surface area contributed by atoms with Gasteiger partial charge in [-0.05, 0) is 47.5 Å². The molecule has 0 atom stereocenters. The highest BCUT2D eigenvalue weighted by atomic mass is 35.5. The lowest BCUT2D eigenvalue weighted by Gasteiger charge is -2.33. The lowest BCUT2D eigenvalue weighted by Crippen LogP contribution is -2.26. The Balaban J connectivity index is 1.94. The highest BCUT2D eigenvalue weighted by Gasteiger charge is 2.26. The molecule has 0 amide bonds. The Bertz CT molecular complexity index is 957. The summed E-state index contributed by atoms with van der Waals surface area (Å²) in [5.41, 5.74) is 2.91. The smallest absolute Gasteiger partial charge is 0.135 e. The van der Waals surface area contributed by atoms with Crippen molar-refractivity contribution in [2.45, 2.75) is 6.04 Å². The van der Waals surface area contributed by atoms with Gasteiger partial charge in [0, 0.05) is 31.0 Å². The third-order valence-electron chi connectivity index (χ3n) is 4.13. The third kappa shape index (κ3) is 3.78. The molecule has 0 spiro atoms. The van der Waals surface area contributed by atoms with Crippen LogP contribution in [0.3, 0.4) is 0 Å². The van der Waals surface area contributed by atoms with E-state index in [1.807, 2.05) is 67.1 Å². The van der Waals surface area contributed by atoms with Crippen LogP contribution in [0, 0.1) is 0 Å². The number of rotatable bonds is 5. The first kappa shape index (κ1) is 17.1. The molecule has 0 saturated carbocycles. The van der Waals surface area contributed by atoms with Crippen LogP contribution in [0.5, 0.6) is 0 Å². The van der Waals surface area contributed by atoms with E-state index in [9.17, 15) is 0 Å². The van der Waals surface area contributed by atoms with Crippen molar-refractivity contribution in [3.05, 3.63) is 108 Å². The zero-order valence-electron chi connectivity index (χ0n) is 14.4. The van der Waals surface area contributed by atoms with Crippen LogP contribution in [0.1, 0.15) is 17.2 Å². The second-order valence-electron chi connectivity index (χ2n) is 5.87. The summed E-state index contributed by atoms with van der Waals surface area (Å²) in [6.07, 6.45) is 10.8. The minimum Gasteiger partial charge on any atom is -0.313 e. The molecule has 0 fully saturated rings. The molecule has 0 saturated heterocycles. The summed E-state index contributed by atoms with van der Waals surface area (Å²) in [7, 11) is 0. The number of hydrogen-bond acceptors (Lipinski definition) is 5. The highest BCUT2D eigenvalue weighted by Crippen LogP contribution is 2.37. The maximum absolute atomic E-state index is 6.19. The second kappa shape index (κ2) is 7.93. The van der Waals surface area contributed by atoms with Gasteiger partial charge in [0.2, 0.25) is 0 Å². The van der Waals surface area contributed by atoms with E-state index in [0.717, 1.165) is 16.8 Å². The van der Waals surface area contributed by atoms with Gasteiger partial charge in [0.15, 0.2) is 0 Å². The topological polar surface area (TPSA) is 54.8 Å². The van der Waals surface area contributed by atoms with Gasteiger partial charge in [0.1, 0.15) is 11.0 Å². The molecule has 4 rings (SSSR count). The van der Waals surface area contributed by atoms with Crippen LogP contribution < -0.4 is 4.90 Å². The molecule has 0 aromatic carbocycles. The third-order valence-corrected chi connectivity index (χ3v) is 4.34. The first-order chi connectivity index (χ1) is 13.3. The summed E-state index contributed by atoms with van der Waals surface area (Å²) in [4.78, 5) is 19.5. The molecular weight excluding hydrogens is 358 g/mol. The SMILES string of the molecule is Clc1cccc(N(c2cccnc2)C(c2cccnc2)c2cccnc2)n1. The molecule has 4 aromatic heterocycles. The molecule has 132 valence electrons. The van der Waals surface area contributed by atoms with Gasteiger partial charge in [-0.15, -0.1) is 0 Å². The molecule has 27 heavy (non-hydrogen) atoms. The number of pyridine rings is 4. The Hall–Kier alpha value is -3.31. The van der Waals surface area contributed by atoms with E-state index in [1.165, 1.54) is 0 Å². The first-order valence-electron chi connectivity index (χ1n) is 8.44. The van der Waals surface area contributed by atoms with Crippen molar-refractivity contribution in [1.29, 1.82) is 0 Å². The molecule has 6 heteroatoms. The zero-order valence-corrected chi connectivity index (χ0v) is 15.1. The Labute approximate surface area is 162 Å². The minimum atomic E-state index is -0.192. The number of anilines is 2. The van der Waals surface area contributed by atoms with Crippen LogP contribution in [0.4, 0.5) is 11.5 Å². The fourth-order valence-corrected chi connectivity index (χ4v) is 3.17. The molecule has 0 aliphatic rings. The van der Waals surface area contributed by atoms with Crippen LogP contribution in [0.25, 0.3) is 0 Å². The summed E-state index contributed by atoms with van der Waals surface area (Å²) in [5, 5.41) is 0.428. The number of aromatic nitrogens is 4. The Morgan fingerprint density at radius 1 is 0.704 bits per heavy atom. The van der Waals surface area contributed by atoms with Gasteiger partial charge < -0.3 is 4.90 Å². The quantitative estimate of drug-likeness (QED) is 0.468. The largest absolute Gasteiger partial charge is 0.313 e. The van der Waals surface area contributed by atoms with Crippen LogP contribution in [0.15, 0.2) is 91.8 Å². The molecule has 0 unspecified atom stereocenters. The Morgan fingerprint density at radius 2 is 1.33 bits per heavy atom. The summed E-state index contributed by atoms with van der Waals surface area (Å²) < 4.78 is 0. The molecule has 0 bridgehead atoms. The Morgan fingerprint density at radius 3 is 1.85 bits per heavy atom. The van der Waals surface area contributed by atoms with Gasteiger partial charge in [0.05, 0.1) is 17.9 Å². The summed E-state index contributed by atoms with van der Waals surface area (Å²) in [6, 6.07) is 17.2. The van der Waals surface area contributed by atoms with Crippen LogP contribution in [-0.2, 0) is 0 Å². The van der Waals surface area contributed by atoms with Crippen LogP contribution >= 0.6 is 11.6 Å². The van der Waals surface area contributed by atoms with Gasteiger partial charge in [0.25, 0.3) is 0 Å². The summed E-state index contributed by atoms with van der Waals surface area (Å²) in [5.74, 6) is 0.716. The van der Waals surface area contributed by atoms with Gasteiger partial charge in [-0.25, -0.2) is 4.98 Å². The maximum Gasteiger partial charge on any atom is 0.135 e. The van der Waals surface area contributed by atoms with E-state index < -0.39 is 0 Å². The van der Waals surface area contributed by atoms with E-state index >= 15 is 0 Å². The molecule has 4 heterocycles. The molecule has 0 aliphatic carbocycles. The number of nitrogens with zero attached hydrogens (tertiary/aromatic N) is 5. The molecule has 4 aromatic rings. The van der Waals surface area contributed by atoms with Crippen molar-refractivity contribution in [3.63, 3.8) is 0 Å². The molecule has 5 nitrogen and oxygen atoms in total. The molecule has 0 N–H and O–H groups in total. The number of hydrogen-bond donors (Lipinski definition) is 0. The summed E-state index contributed by atoms with van der Waals surface area (Å²) in [6.45, 7) is 0. The van der Waals surface area contributed by atoms with Crippen molar-refractivity contribution in [2.24, 2.45) is 0 Å². The minimum absolute atomic E-state index is 0.192. The van der Waals surface area contributed by atoms with Gasteiger partial charge in [-0.3, -0.25) is 15.0 Å². The second-order valence-corrected chi connectivity index (χ2v) is 6.26. The highest BCUT2D eigenvalue weighted by molar-refractivity contribution is 6.29. The van der Waals surface area contributed by atoms with E-state index in [2.05, 4.69) is 24.8 Å². The molecule has 0 radical (unpaired) electrons. The lowest BCUT2D eigenvalue weighted by molar-refractivity contribution is 0.794. The van der Waals surface area contributed by atoms with Crippen molar-refractivity contribution in [3.8, 4) is 0 Å². The van der Waals surface area contributed by atoms with E-state index in [1.54, 1.807) is 24.7 Å². The van der Waals surface area contributed by atoms with E-state index in [0.29, 0.717) is 11.0 Å². The van der Waals surface area contributed by atoms with Crippen molar-refractivity contribution in [1.82, 2.24) is 19.9 Å². The maximum atomic E-state index is 6.19.